The minimum Gasteiger partial charge on any atom is -0.425 e. The molecule has 1 saturated heterocycles. The lowest BCUT2D eigenvalue weighted by Crippen LogP contribution is -2.43. The Morgan fingerprint density at radius 3 is 2.92 bits per heavy atom. The van der Waals surface area contributed by atoms with Crippen molar-refractivity contribution in [2.45, 2.75) is 12.7 Å². The van der Waals surface area contributed by atoms with Gasteiger partial charge >= 0.3 is 0 Å². The lowest BCUT2D eigenvalue weighted by Gasteiger charge is -2.26. The van der Waals surface area contributed by atoms with Gasteiger partial charge in [-0.1, -0.05) is 0 Å². The largest absolute Gasteiger partial charge is 0.425 e. The lowest BCUT2D eigenvalue weighted by molar-refractivity contribution is 0.385. The lowest BCUT2D eigenvalue weighted by atomic mass is 10.1. The van der Waals surface area contributed by atoms with Crippen molar-refractivity contribution >= 4 is 11.8 Å². The third-order valence-electron chi connectivity index (χ3n) is 2.01. The van der Waals surface area contributed by atoms with E-state index < -0.39 is 0 Å². The minimum atomic E-state index is 0.654. The second-order valence-corrected chi connectivity index (χ2v) is 4.28. The summed E-state index contributed by atoms with van der Waals surface area (Å²) in [6.45, 7) is 4.14. The van der Waals surface area contributed by atoms with Crippen LogP contribution in [0.1, 0.15) is 11.8 Å². The number of aromatic nitrogens is 2. The van der Waals surface area contributed by atoms with Gasteiger partial charge in [-0.25, -0.2) is 0 Å². The Kier molecular flexibility index (Phi) is 2.85. The van der Waals surface area contributed by atoms with Crippen LogP contribution in [0.4, 0.5) is 0 Å². The highest BCUT2D eigenvalue weighted by molar-refractivity contribution is 7.98. The number of nitrogens with zero attached hydrogens (tertiary/aromatic N) is 2. The van der Waals surface area contributed by atoms with Gasteiger partial charge in [0.2, 0.25) is 11.8 Å². The van der Waals surface area contributed by atoms with Crippen molar-refractivity contribution in [2.24, 2.45) is 5.92 Å². The second kappa shape index (κ2) is 4.11. The molecule has 1 aliphatic heterocycles. The summed E-state index contributed by atoms with van der Waals surface area (Å²) in [6, 6.07) is 0. The molecule has 1 aromatic heterocycles. The van der Waals surface area contributed by atoms with Gasteiger partial charge in [-0.05, 0) is 24.8 Å². The summed E-state index contributed by atoms with van der Waals surface area (Å²) < 4.78 is 5.26. The van der Waals surface area contributed by atoms with Gasteiger partial charge in [0.25, 0.3) is 0 Å². The van der Waals surface area contributed by atoms with Gasteiger partial charge < -0.3 is 9.73 Å². The summed E-state index contributed by atoms with van der Waals surface area (Å²) >= 11 is 1.87. The van der Waals surface area contributed by atoms with E-state index in [0.717, 1.165) is 30.7 Å². The van der Waals surface area contributed by atoms with Crippen molar-refractivity contribution in [3.8, 4) is 0 Å². The molecule has 0 atom stereocenters. The Morgan fingerprint density at radius 2 is 2.38 bits per heavy atom. The summed E-state index contributed by atoms with van der Waals surface area (Å²) in [5.41, 5.74) is 0. The van der Waals surface area contributed by atoms with Gasteiger partial charge in [-0.2, -0.15) is 11.8 Å². The number of thioether (sulfide) groups is 1. The Bertz CT molecular complexity index is 272. The van der Waals surface area contributed by atoms with E-state index in [1.165, 1.54) is 5.75 Å². The number of rotatable bonds is 4. The smallest absolute Gasteiger partial charge is 0.226 e. The highest BCUT2D eigenvalue weighted by atomic mass is 32.2. The van der Waals surface area contributed by atoms with Crippen LogP contribution >= 0.6 is 11.8 Å². The van der Waals surface area contributed by atoms with Crippen molar-refractivity contribution < 1.29 is 4.42 Å². The summed E-state index contributed by atoms with van der Waals surface area (Å²) in [5.74, 6) is 4.27. The summed E-state index contributed by atoms with van der Waals surface area (Å²) in [5, 5.41) is 11.0. The van der Waals surface area contributed by atoms with E-state index in [9.17, 15) is 0 Å². The van der Waals surface area contributed by atoms with Crippen LogP contribution in [0.25, 0.3) is 0 Å². The van der Waals surface area contributed by atoms with Crippen molar-refractivity contribution in [1.82, 2.24) is 15.5 Å². The molecule has 0 unspecified atom stereocenters. The molecular weight excluding hydrogens is 186 g/mol. The van der Waals surface area contributed by atoms with Crippen LogP contribution in [0.3, 0.4) is 0 Å². The fourth-order valence-electron chi connectivity index (χ4n) is 1.18. The predicted molar refractivity (Wildman–Crippen MR) is 51.6 cm³/mol. The third kappa shape index (κ3) is 2.45. The SMILES string of the molecule is Cc1nnc(CSCC2CNC2)o1. The second-order valence-electron chi connectivity index (χ2n) is 3.25. The van der Waals surface area contributed by atoms with E-state index in [4.69, 9.17) is 4.42 Å². The van der Waals surface area contributed by atoms with E-state index in [-0.39, 0.29) is 0 Å². The molecule has 72 valence electrons. The van der Waals surface area contributed by atoms with Crippen LogP contribution in [0.15, 0.2) is 4.42 Å². The molecule has 0 aliphatic carbocycles. The summed E-state index contributed by atoms with van der Waals surface area (Å²) in [4.78, 5) is 0. The van der Waals surface area contributed by atoms with Crippen molar-refractivity contribution in [2.75, 3.05) is 18.8 Å². The molecule has 0 radical (unpaired) electrons. The van der Waals surface area contributed by atoms with E-state index in [0.29, 0.717) is 5.89 Å². The molecule has 2 heterocycles. The first-order chi connectivity index (χ1) is 6.34. The minimum absolute atomic E-state index is 0.654. The normalized spacial score (nSPS) is 17.3. The van der Waals surface area contributed by atoms with Gasteiger partial charge in [-0.3, -0.25) is 0 Å². The van der Waals surface area contributed by atoms with Crippen LogP contribution in [-0.2, 0) is 5.75 Å². The highest BCUT2D eigenvalue weighted by Crippen LogP contribution is 2.16. The molecule has 1 aromatic rings. The molecule has 1 aliphatic rings. The van der Waals surface area contributed by atoms with Crippen LogP contribution in [0, 0.1) is 12.8 Å². The van der Waals surface area contributed by atoms with Crippen LogP contribution in [0.5, 0.6) is 0 Å². The molecule has 1 fully saturated rings. The predicted octanol–water partition coefficient (Wildman–Crippen LogP) is 0.831. The highest BCUT2D eigenvalue weighted by Gasteiger charge is 2.16. The third-order valence-corrected chi connectivity index (χ3v) is 3.17. The van der Waals surface area contributed by atoms with Crippen molar-refractivity contribution in [1.29, 1.82) is 0 Å². The van der Waals surface area contributed by atoms with Crippen molar-refractivity contribution in [3.63, 3.8) is 0 Å². The number of hydrogen-bond acceptors (Lipinski definition) is 5. The molecular formula is C8H13N3OS. The molecule has 4 nitrogen and oxygen atoms in total. The average Bonchev–Trinajstić information content (AvgIpc) is 2.42. The summed E-state index contributed by atoms with van der Waals surface area (Å²) in [7, 11) is 0. The van der Waals surface area contributed by atoms with Gasteiger partial charge in [0.1, 0.15) is 0 Å². The molecule has 0 spiro atoms. The molecule has 0 amide bonds. The van der Waals surface area contributed by atoms with Gasteiger partial charge in [0.15, 0.2) is 0 Å². The number of nitrogens with one attached hydrogen (secondary N) is 1. The molecule has 0 bridgehead atoms. The average molecular weight is 199 g/mol. The monoisotopic (exact) mass is 199 g/mol. The first kappa shape index (κ1) is 9.02. The quantitative estimate of drug-likeness (QED) is 0.778. The number of hydrogen-bond donors (Lipinski definition) is 1. The molecule has 5 heteroatoms. The molecule has 0 saturated carbocycles. The van der Waals surface area contributed by atoms with E-state index in [1.807, 2.05) is 18.7 Å². The summed E-state index contributed by atoms with van der Waals surface area (Å²) in [6.07, 6.45) is 0. The standard InChI is InChI=1S/C8H13N3OS/c1-6-10-11-8(12-6)5-13-4-7-2-9-3-7/h7,9H,2-5H2,1H3. The Morgan fingerprint density at radius 1 is 1.54 bits per heavy atom. The van der Waals surface area contributed by atoms with Crippen molar-refractivity contribution in [3.05, 3.63) is 11.8 Å². The maximum Gasteiger partial charge on any atom is 0.226 e. The Hall–Kier alpha value is -0.550. The topological polar surface area (TPSA) is 51.0 Å². The molecule has 13 heavy (non-hydrogen) atoms. The molecule has 0 aromatic carbocycles. The zero-order valence-corrected chi connectivity index (χ0v) is 8.43. The Balaban J connectivity index is 1.67. The zero-order chi connectivity index (χ0) is 9.10. The van der Waals surface area contributed by atoms with E-state index in [2.05, 4.69) is 15.5 Å². The maximum absolute atomic E-state index is 5.26. The number of aryl methyl sites for hydroxylation is 1. The molecule has 1 N–H and O–H groups in total. The van der Waals surface area contributed by atoms with Crippen LogP contribution in [0.2, 0.25) is 0 Å². The van der Waals surface area contributed by atoms with Crippen LogP contribution in [-0.4, -0.2) is 29.0 Å². The van der Waals surface area contributed by atoms with E-state index >= 15 is 0 Å². The first-order valence-electron chi connectivity index (χ1n) is 4.42. The van der Waals surface area contributed by atoms with E-state index in [1.54, 1.807) is 0 Å². The van der Waals surface area contributed by atoms with Gasteiger partial charge in [0, 0.05) is 6.92 Å². The maximum atomic E-state index is 5.26. The zero-order valence-electron chi connectivity index (χ0n) is 7.62. The fourth-order valence-corrected chi connectivity index (χ4v) is 2.15. The fraction of sp³-hybridized carbons (Fsp3) is 0.750. The molecule has 2 rings (SSSR count). The Labute approximate surface area is 81.5 Å². The van der Waals surface area contributed by atoms with Gasteiger partial charge in [-0.15, -0.1) is 10.2 Å². The van der Waals surface area contributed by atoms with Crippen LogP contribution < -0.4 is 5.32 Å². The first-order valence-corrected chi connectivity index (χ1v) is 5.57. The van der Waals surface area contributed by atoms with Gasteiger partial charge in [0.05, 0.1) is 5.75 Å².